The maximum absolute atomic E-state index is 13.4. The number of likely N-dealkylation sites (tertiary alicyclic amines) is 1. The summed E-state index contributed by atoms with van der Waals surface area (Å²) in [5.74, 6) is 1.54. The summed E-state index contributed by atoms with van der Waals surface area (Å²) in [4.78, 5) is 17.3. The van der Waals surface area contributed by atoms with Crippen LogP contribution in [0.4, 0.5) is 20.6 Å². The van der Waals surface area contributed by atoms with Crippen LogP contribution in [0.3, 0.4) is 0 Å². The van der Waals surface area contributed by atoms with Crippen LogP contribution < -0.4 is 19.7 Å². The second-order valence-electron chi connectivity index (χ2n) is 10.7. The standard InChI is InChI=1S/C30H35FN4O4S.ClH/c1-40(37,38)33-26-8-14-29(15-9-26)39-28-12-4-22(5-13-28)20-34-18-16-25(17-19-34)32-30(36)35(21-23-2-3-23)27-10-6-24(31)7-11-27;/h4-15,23,25,33H,2-3,16-21H2,1H3,(H,32,36);1H. The molecule has 0 bridgehead atoms. The molecule has 8 nitrogen and oxygen atoms in total. The Bertz CT molecular complexity index is 1390. The fourth-order valence-corrected chi connectivity index (χ4v) is 5.40. The predicted molar refractivity (Wildman–Crippen MR) is 162 cm³/mol. The average molecular weight is 603 g/mol. The summed E-state index contributed by atoms with van der Waals surface area (Å²) in [6, 6.07) is 20.8. The first-order valence-corrected chi connectivity index (χ1v) is 15.5. The van der Waals surface area contributed by atoms with E-state index in [0.29, 0.717) is 29.6 Å². The molecule has 1 heterocycles. The van der Waals surface area contributed by atoms with Gasteiger partial charge < -0.3 is 10.1 Å². The number of benzene rings is 3. The second-order valence-corrected chi connectivity index (χ2v) is 12.4. The fraction of sp³-hybridized carbons (Fsp3) is 0.367. The lowest BCUT2D eigenvalue weighted by Gasteiger charge is -2.34. The first-order valence-electron chi connectivity index (χ1n) is 13.6. The van der Waals surface area contributed by atoms with E-state index in [1.165, 1.54) is 17.7 Å². The number of sulfonamides is 1. The molecule has 0 spiro atoms. The van der Waals surface area contributed by atoms with E-state index in [1.807, 2.05) is 24.3 Å². The first kappa shape index (κ1) is 30.6. The molecule has 2 aliphatic rings. The number of halogens is 2. The van der Waals surface area contributed by atoms with E-state index in [4.69, 9.17) is 4.74 Å². The van der Waals surface area contributed by atoms with Crippen molar-refractivity contribution in [2.24, 2.45) is 5.92 Å². The topological polar surface area (TPSA) is 91.0 Å². The minimum Gasteiger partial charge on any atom is -0.457 e. The van der Waals surface area contributed by atoms with E-state index >= 15 is 0 Å². The fourth-order valence-electron chi connectivity index (χ4n) is 4.84. The number of nitrogens with zero attached hydrogens (tertiary/aromatic N) is 2. The number of carbonyl (C=O) groups excluding carboxylic acids is 1. The highest BCUT2D eigenvalue weighted by atomic mass is 35.5. The predicted octanol–water partition coefficient (Wildman–Crippen LogP) is 6.00. The molecule has 2 N–H and O–H groups in total. The van der Waals surface area contributed by atoms with Gasteiger partial charge in [-0.1, -0.05) is 12.1 Å². The van der Waals surface area contributed by atoms with Gasteiger partial charge in [0.25, 0.3) is 0 Å². The molecular weight excluding hydrogens is 567 g/mol. The number of nitrogens with one attached hydrogen (secondary N) is 2. The summed E-state index contributed by atoms with van der Waals surface area (Å²) < 4.78 is 44.4. The molecule has 0 atom stereocenters. The summed E-state index contributed by atoms with van der Waals surface area (Å²) in [6.45, 7) is 3.25. The van der Waals surface area contributed by atoms with Crippen LogP contribution in [0, 0.1) is 11.7 Å². The highest BCUT2D eigenvalue weighted by Gasteiger charge is 2.29. The molecule has 3 aromatic carbocycles. The maximum atomic E-state index is 13.4. The van der Waals surface area contributed by atoms with Crippen molar-refractivity contribution in [2.45, 2.75) is 38.3 Å². The van der Waals surface area contributed by atoms with Crippen molar-refractivity contribution in [3.05, 3.63) is 84.2 Å². The van der Waals surface area contributed by atoms with Crippen LogP contribution in [-0.2, 0) is 16.6 Å². The van der Waals surface area contributed by atoms with Crippen molar-refractivity contribution < 1.29 is 22.3 Å². The van der Waals surface area contributed by atoms with Crippen LogP contribution in [0.2, 0.25) is 0 Å². The Morgan fingerprint density at radius 3 is 2.07 bits per heavy atom. The van der Waals surface area contributed by atoms with E-state index in [2.05, 4.69) is 14.9 Å². The lowest BCUT2D eigenvalue weighted by atomic mass is 10.0. The monoisotopic (exact) mass is 602 g/mol. The molecule has 1 aliphatic heterocycles. The van der Waals surface area contributed by atoms with Gasteiger partial charge in [0.1, 0.15) is 17.3 Å². The Morgan fingerprint density at radius 1 is 0.927 bits per heavy atom. The van der Waals surface area contributed by atoms with Crippen molar-refractivity contribution in [3.63, 3.8) is 0 Å². The molecule has 2 fully saturated rings. The Balaban J connectivity index is 0.00000387. The molecule has 0 aromatic heterocycles. The molecule has 2 amide bonds. The number of hydrogen-bond acceptors (Lipinski definition) is 5. The summed E-state index contributed by atoms with van der Waals surface area (Å²) >= 11 is 0. The number of piperidine rings is 1. The summed E-state index contributed by atoms with van der Waals surface area (Å²) in [7, 11) is -3.32. The van der Waals surface area contributed by atoms with E-state index in [1.54, 1.807) is 41.3 Å². The number of amides is 2. The zero-order valence-corrected chi connectivity index (χ0v) is 24.6. The zero-order chi connectivity index (χ0) is 28.1. The third kappa shape index (κ3) is 9.34. The van der Waals surface area contributed by atoms with Crippen LogP contribution in [0.5, 0.6) is 11.5 Å². The van der Waals surface area contributed by atoms with E-state index in [-0.39, 0.29) is 30.3 Å². The van der Waals surface area contributed by atoms with Crippen molar-refractivity contribution >= 4 is 39.8 Å². The smallest absolute Gasteiger partial charge is 0.322 e. The van der Waals surface area contributed by atoms with Gasteiger partial charge in [-0.05, 0) is 97.8 Å². The van der Waals surface area contributed by atoms with Crippen molar-refractivity contribution in [3.8, 4) is 11.5 Å². The molecule has 1 saturated carbocycles. The number of carbonyl (C=O) groups is 1. The molecule has 3 aromatic rings. The maximum Gasteiger partial charge on any atom is 0.322 e. The number of rotatable bonds is 10. The molecule has 0 unspecified atom stereocenters. The van der Waals surface area contributed by atoms with E-state index < -0.39 is 10.0 Å². The van der Waals surface area contributed by atoms with Gasteiger partial charge in [0.15, 0.2) is 0 Å². The van der Waals surface area contributed by atoms with Gasteiger partial charge in [-0.15, -0.1) is 12.4 Å². The largest absolute Gasteiger partial charge is 0.457 e. The minimum absolute atomic E-state index is 0. The van der Waals surface area contributed by atoms with Gasteiger partial charge in [-0.3, -0.25) is 14.5 Å². The van der Waals surface area contributed by atoms with Crippen LogP contribution >= 0.6 is 12.4 Å². The Kier molecular flexibility index (Phi) is 10.1. The molecule has 1 aliphatic carbocycles. The van der Waals surface area contributed by atoms with Crippen LogP contribution in [0.15, 0.2) is 72.8 Å². The van der Waals surface area contributed by atoms with Gasteiger partial charge >= 0.3 is 6.03 Å². The molecule has 11 heteroatoms. The van der Waals surface area contributed by atoms with Crippen LogP contribution in [0.1, 0.15) is 31.2 Å². The van der Waals surface area contributed by atoms with Gasteiger partial charge in [0, 0.05) is 43.6 Å². The third-order valence-electron chi connectivity index (χ3n) is 7.16. The Hall–Kier alpha value is -3.34. The van der Waals surface area contributed by atoms with E-state index in [9.17, 15) is 17.6 Å². The van der Waals surface area contributed by atoms with Crippen LogP contribution in [0.25, 0.3) is 0 Å². The summed E-state index contributed by atoms with van der Waals surface area (Å²) in [5.41, 5.74) is 2.39. The number of hydrogen-bond donors (Lipinski definition) is 2. The van der Waals surface area contributed by atoms with Gasteiger partial charge in [0.2, 0.25) is 10.0 Å². The molecule has 41 heavy (non-hydrogen) atoms. The van der Waals surface area contributed by atoms with E-state index in [0.717, 1.165) is 57.3 Å². The van der Waals surface area contributed by atoms with Gasteiger partial charge in [-0.25, -0.2) is 17.6 Å². The van der Waals surface area contributed by atoms with Crippen molar-refractivity contribution in [2.75, 3.05) is 35.5 Å². The number of urea groups is 1. The lowest BCUT2D eigenvalue weighted by Crippen LogP contribution is -2.49. The zero-order valence-electron chi connectivity index (χ0n) is 23.0. The molecule has 0 radical (unpaired) electrons. The number of anilines is 2. The van der Waals surface area contributed by atoms with Gasteiger partial charge in [-0.2, -0.15) is 0 Å². The molecule has 220 valence electrons. The summed E-state index contributed by atoms with van der Waals surface area (Å²) in [5, 5.41) is 3.21. The highest BCUT2D eigenvalue weighted by molar-refractivity contribution is 7.92. The molecular formula is C30H36ClFN4O4S. The van der Waals surface area contributed by atoms with Crippen molar-refractivity contribution in [1.29, 1.82) is 0 Å². The Labute approximate surface area is 247 Å². The number of ether oxygens (including phenoxy) is 1. The highest BCUT2D eigenvalue weighted by Crippen LogP contribution is 2.32. The lowest BCUT2D eigenvalue weighted by molar-refractivity contribution is 0.188. The molecule has 5 rings (SSSR count). The Morgan fingerprint density at radius 2 is 1.51 bits per heavy atom. The minimum atomic E-state index is -3.32. The molecule has 1 saturated heterocycles. The summed E-state index contributed by atoms with van der Waals surface area (Å²) in [6.07, 6.45) is 5.12. The van der Waals surface area contributed by atoms with Crippen molar-refractivity contribution in [1.82, 2.24) is 10.2 Å². The SMILES string of the molecule is CS(=O)(=O)Nc1ccc(Oc2ccc(CN3CCC(NC(=O)N(CC4CC4)c4ccc(F)cc4)CC3)cc2)cc1.Cl. The second kappa shape index (κ2) is 13.5. The van der Waals surface area contributed by atoms with Gasteiger partial charge in [0.05, 0.1) is 6.26 Å². The first-order chi connectivity index (χ1) is 19.2. The third-order valence-corrected chi connectivity index (χ3v) is 7.77. The quantitative estimate of drug-likeness (QED) is 0.297. The normalized spacial score (nSPS) is 16.0. The van der Waals surface area contributed by atoms with Crippen LogP contribution in [-0.4, -0.2) is 51.3 Å². The average Bonchev–Trinajstić information content (AvgIpc) is 3.75.